The van der Waals surface area contributed by atoms with Gasteiger partial charge >= 0.3 is 0 Å². The zero-order chi connectivity index (χ0) is 25.6. The summed E-state index contributed by atoms with van der Waals surface area (Å²) in [4.78, 5) is 13.1. The number of methoxy groups -OCH3 is 4. The van der Waals surface area contributed by atoms with E-state index in [4.69, 9.17) is 18.9 Å². The Morgan fingerprint density at radius 2 is 1.43 bits per heavy atom. The Morgan fingerprint density at radius 3 is 1.94 bits per heavy atom. The predicted molar refractivity (Wildman–Crippen MR) is 134 cm³/mol. The molecule has 9 nitrogen and oxygen atoms in total. The topological polar surface area (TPSA) is 103 Å². The van der Waals surface area contributed by atoms with Gasteiger partial charge in [-0.1, -0.05) is 18.2 Å². The van der Waals surface area contributed by atoms with Crippen LogP contribution < -0.4 is 28.6 Å². The van der Waals surface area contributed by atoms with Gasteiger partial charge in [0.05, 0.1) is 44.7 Å². The lowest BCUT2D eigenvalue weighted by Crippen LogP contribution is -2.30. The third-order valence-electron chi connectivity index (χ3n) is 5.27. The molecular formula is C25H28N2O7S. The average Bonchev–Trinajstić information content (AvgIpc) is 2.88. The molecule has 0 aliphatic rings. The number of anilines is 2. The summed E-state index contributed by atoms with van der Waals surface area (Å²) in [7, 11) is 1.88. The fourth-order valence-electron chi connectivity index (χ4n) is 3.56. The minimum Gasteiger partial charge on any atom is -0.495 e. The second-order valence-electron chi connectivity index (χ2n) is 7.24. The molecule has 1 amide bonds. The summed E-state index contributed by atoms with van der Waals surface area (Å²) in [5.74, 6) is 0.737. The van der Waals surface area contributed by atoms with E-state index in [1.54, 1.807) is 31.2 Å². The molecule has 35 heavy (non-hydrogen) atoms. The molecule has 3 aromatic carbocycles. The summed E-state index contributed by atoms with van der Waals surface area (Å²) in [6.07, 6.45) is 0. The molecule has 0 aliphatic carbocycles. The van der Waals surface area contributed by atoms with E-state index in [1.807, 2.05) is 6.07 Å². The lowest BCUT2D eigenvalue weighted by Gasteiger charge is -2.23. The molecule has 0 radical (unpaired) electrons. The molecule has 0 atom stereocenters. The maximum atomic E-state index is 13.4. The quantitative estimate of drug-likeness (QED) is 0.445. The van der Waals surface area contributed by atoms with Gasteiger partial charge in [0.25, 0.3) is 15.9 Å². The zero-order valence-corrected chi connectivity index (χ0v) is 21.0. The van der Waals surface area contributed by atoms with Crippen molar-refractivity contribution in [2.75, 3.05) is 44.6 Å². The highest BCUT2D eigenvalue weighted by Crippen LogP contribution is 2.39. The monoisotopic (exact) mass is 500 g/mol. The van der Waals surface area contributed by atoms with Crippen molar-refractivity contribution in [1.29, 1.82) is 0 Å². The van der Waals surface area contributed by atoms with Crippen LogP contribution in [-0.4, -0.2) is 49.3 Å². The van der Waals surface area contributed by atoms with Crippen LogP contribution in [-0.2, 0) is 10.0 Å². The van der Waals surface area contributed by atoms with E-state index in [0.29, 0.717) is 28.7 Å². The maximum Gasteiger partial charge on any atom is 0.264 e. The van der Waals surface area contributed by atoms with Crippen molar-refractivity contribution in [3.05, 3.63) is 66.2 Å². The molecule has 3 aromatic rings. The van der Waals surface area contributed by atoms with E-state index >= 15 is 0 Å². The number of sulfonamides is 1. The van der Waals surface area contributed by atoms with Gasteiger partial charge in [0.2, 0.25) is 5.75 Å². The van der Waals surface area contributed by atoms with Crippen molar-refractivity contribution < 1.29 is 32.2 Å². The Balaban J connectivity index is 2.00. The lowest BCUT2D eigenvalue weighted by molar-refractivity contribution is 0.102. The summed E-state index contributed by atoms with van der Waals surface area (Å²) in [5.41, 5.74) is 0.944. The van der Waals surface area contributed by atoms with E-state index < -0.39 is 15.9 Å². The number of nitrogens with zero attached hydrogens (tertiary/aromatic N) is 1. The molecule has 0 heterocycles. The molecule has 0 aliphatic heterocycles. The number of amides is 1. The maximum absolute atomic E-state index is 13.4. The Labute approximate surface area is 205 Å². The Hall–Kier alpha value is -3.92. The number of rotatable bonds is 10. The van der Waals surface area contributed by atoms with Crippen molar-refractivity contribution in [3.8, 4) is 23.0 Å². The van der Waals surface area contributed by atoms with Crippen LogP contribution in [0.15, 0.2) is 65.6 Å². The van der Waals surface area contributed by atoms with Crippen LogP contribution in [0.1, 0.15) is 17.3 Å². The first-order valence-corrected chi connectivity index (χ1v) is 12.1. The molecule has 1 N–H and O–H groups in total. The number of para-hydroxylation sites is 1. The molecule has 0 saturated carbocycles. The van der Waals surface area contributed by atoms with E-state index in [-0.39, 0.29) is 22.7 Å². The van der Waals surface area contributed by atoms with E-state index in [9.17, 15) is 13.2 Å². The molecule has 186 valence electrons. The number of hydrogen-bond donors (Lipinski definition) is 1. The molecule has 0 saturated heterocycles. The second kappa shape index (κ2) is 11.0. The van der Waals surface area contributed by atoms with Crippen LogP contribution in [0.3, 0.4) is 0 Å². The minimum absolute atomic E-state index is 0.00388. The van der Waals surface area contributed by atoms with Crippen LogP contribution in [0, 0.1) is 0 Å². The normalized spacial score (nSPS) is 10.9. The second-order valence-corrected chi connectivity index (χ2v) is 9.10. The van der Waals surface area contributed by atoms with E-state index in [0.717, 1.165) is 0 Å². The largest absolute Gasteiger partial charge is 0.495 e. The zero-order valence-electron chi connectivity index (χ0n) is 20.2. The van der Waals surface area contributed by atoms with Gasteiger partial charge in [0, 0.05) is 12.1 Å². The van der Waals surface area contributed by atoms with Gasteiger partial charge in [-0.3, -0.25) is 9.10 Å². The summed E-state index contributed by atoms with van der Waals surface area (Å²) < 4.78 is 49.4. The van der Waals surface area contributed by atoms with Crippen LogP contribution in [0.5, 0.6) is 23.0 Å². The highest BCUT2D eigenvalue weighted by atomic mass is 32.2. The SMILES string of the molecule is CCN(c1ccccc1)S(=O)(=O)c1ccc(OC)c(NC(=O)c2cc(OC)c(OC)c(OC)c2)c1. The third-order valence-corrected chi connectivity index (χ3v) is 7.16. The van der Waals surface area contributed by atoms with Gasteiger partial charge in [0.15, 0.2) is 11.5 Å². The fraction of sp³-hybridized carbons (Fsp3) is 0.240. The number of carbonyl (C=O) groups is 1. The van der Waals surface area contributed by atoms with Crippen LogP contribution in [0.4, 0.5) is 11.4 Å². The molecule has 0 spiro atoms. The van der Waals surface area contributed by atoms with Crippen LogP contribution in [0.2, 0.25) is 0 Å². The van der Waals surface area contributed by atoms with Gasteiger partial charge in [-0.2, -0.15) is 0 Å². The lowest BCUT2D eigenvalue weighted by atomic mass is 10.1. The summed E-state index contributed by atoms with van der Waals surface area (Å²) in [6, 6.07) is 16.1. The fourth-order valence-corrected chi connectivity index (χ4v) is 5.07. The van der Waals surface area contributed by atoms with Gasteiger partial charge in [0.1, 0.15) is 5.75 Å². The first-order chi connectivity index (χ1) is 16.8. The first kappa shape index (κ1) is 25.7. The van der Waals surface area contributed by atoms with Crippen molar-refractivity contribution in [1.82, 2.24) is 0 Å². The Kier molecular flexibility index (Phi) is 8.08. The van der Waals surface area contributed by atoms with Crippen molar-refractivity contribution in [2.24, 2.45) is 0 Å². The third kappa shape index (κ3) is 5.27. The highest BCUT2D eigenvalue weighted by molar-refractivity contribution is 7.92. The molecule has 0 fully saturated rings. The molecule has 3 rings (SSSR count). The van der Waals surface area contributed by atoms with Gasteiger partial charge in [-0.05, 0) is 49.4 Å². The van der Waals surface area contributed by atoms with E-state index in [2.05, 4.69) is 5.32 Å². The smallest absolute Gasteiger partial charge is 0.264 e. The van der Waals surface area contributed by atoms with E-state index in [1.165, 1.54) is 63.1 Å². The molecule has 10 heteroatoms. The number of benzene rings is 3. The summed E-state index contributed by atoms with van der Waals surface area (Å²) >= 11 is 0. The molecule has 0 aromatic heterocycles. The van der Waals surface area contributed by atoms with Gasteiger partial charge in [-0.25, -0.2) is 8.42 Å². The van der Waals surface area contributed by atoms with Crippen LogP contribution in [0.25, 0.3) is 0 Å². The molecule has 0 unspecified atom stereocenters. The number of carbonyl (C=O) groups excluding carboxylic acids is 1. The number of ether oxygens (including phenoxy) is 4. The summed E-state index contributed by atoms with van der Waals surface area (Å²) in [5, 5.41) is 2.73. The number of hydrogen-bond acceptors (Lipinski definition) is 7. The predicted octanol–water partition coefficient (Wildman–Crippen LogP) is 4.19. The summed E-state index contributed by atoms with van der Waals surface area (Å²) in [6.45, 7) is 1.98. The Morgan fingerprint density at radius 1 is 0.829 bits per heavy atom. The number of nitrogens with one attached hydrogen (secondary N) is 1. The van der Waals surface area contributed by atoms with Gasteiger partial charge in [-0.15, -0.1) is 0 Å². The molecular weight excluding hydrogens is 472 g/mol. The van der Waals surface area contributed by atoms with Gasteiger partial charge < -0.3 is 24.3 Å². The van der Waals surface area contributed by atoms with Crippen molar-refractivity contribution in [3.63, 3.8) is 0 Å². The average molecular weight is 501 g/mol. The first-order valence-electron chi connectivity index (χ1n) is 10.7. The standard InChI is InChI=1S/C25H28N2O7S/c1-6-27(18-10-8-7-9-11-18)35(29,30)19-12-13-21(31-2)20(16-19)26-25(28)17-14-22(32-3)24(34-5)23(15-17)33-4/h7-16H,6H2,1-5H3,(H,26,28). The highest BCUT2D eigenvalue weighted by Gasteiger charge is 2.25. The molecule has 0 bridgehead atoms. The Bertz CT molecular complexity index is 1270. The van der Waals surface area contributed by atoms with Crippen LogP contribution >= 0.6 is 0 Å². The van der Waals surface area contributed by atoms with Crippen molar-refractivity contribution >= 4 is 27.3 Å². The van der Waals surface area contributed by atoms with Crippen molar-refractivity contribution in [2.45, 2.75) is 11.8 Å². The minimum atomic E-state index is -3.91.